The van der Waals surface area contributed by atoms with Crippen molar-refractivity contribution in [3.63, 3.8) is 0 Å². The first-order valence-corrected chi connectivity index (χ1v) is 16.4. The van der Waals surface area contributed by atoms with E-state index in [2.05, 4.69) is 77.7 Å². The molecule has 2 fully saturated rings. The van der Waals surface area contributed by atoms with E-state index < -0.39 is 0 Å². The van der Waals surface area contributed by atoms with E-state index in [1.54, 1.807) is 12.0 Å². The van der Waals surface area contributed by atoms with E-state index in [1.165, 1.54) is 47.4 Å². The molecule has 1 amide bonds. The molecule has 2 aliphatic heterocycles. The molecular formula is C36H45N7O3. The normalized spacial score (nSPS) is 19.0. The molecule has 1 unspecified atom stereocenters. The van der Waals surface area contributed by atoms with Gasteiger partial charge in [-0.25, -0.2) is 0 Å². The molecule has 0 radical (unpaired) electrons. The number of methoxy groups -OCH3 is 1. The third-order valence-electron chi connectivity index (χ3n) is 10.0. The molecule has 1 aromatic heterocycles. The Hall–Kier alpha value is -4.20. The summed E-state index contributed by atoms with van der Waals surface area (Å²) in [5.41, 5.74) is 4.52. The summed E-state index contributed by atoms with van der Waals surface area (Å²) in [6.07, 6.45) is 6.01. The van der Waals surface area contributed by atoms with Gasteiger partial charge in [0.25, 0.3) is 0 Å². The summed E-state index contributed by atoms with van der Waals surface area (Å²) in [6.45, 7) is 9.90. The minimum absolute atomic E-state index is 0.0852. The van der Waals surface area contributed by atoms with Gasteiger partial charge in [0.1, 0.15) is 12.4 Å². The van der Waals surface area contributed by atoms with Crippen LogP contribution in [0.5, 0.6) is 6.01 Å². The number of hydrogen-bond donors (Lipinski definition) is 0. The standard InChI is InChI=1S/C36H45N7O3/c1-5-33(44)43-20-19-42(21-28(43)15-17-37)35-30-16-18-41(32-14-7-11-26-10-6-9-25(2)34(26)32)22-31(30)38-36(39-35)46-24-29(23-45-4)40(3)27-12-8-13-27/h5-7,9-11,14,27-29H,1,8,12-13,15-16,18-24H2,2-4H3/t28?,29-/m1/s1. The summed E-state index contributed by atoms with van der Waals surface area (Å²) >= 11 is 0. The molecule has 6 rings (SSSR count). The van der Waals surface area contributed by atoms with Gasteiger partial charge in [0.15, 0.2) is 0 Å². The third kappa shape index (κ3) is 6.39. The van der Waals surface area contributed by atoms with E-state index in [9.17, 15) is 10.1 Å². The number of fused-ring (bicyclic) bond motifs is 2. The van der Waals surface area contributed by atoms with E-state index in [-0.39, 0.29) is 24.4 Å². The summed E-state index contributed by atoms with van der Waals surface area (Å²) in [5, 5.41) is 12.1. The van der Waals surface area contributed by atoms with Gasteiger partial charge in [-0.1, -0.05) is 43.3 Å². The fourth-order valence-electron chi connectivity index (χ4n) is 7.16. The number of carbonyl (C=O) groups excluding carboxylic acids is 1. The lowest BCUT2D eigenvalue weighted by Crippen LogP contribution is -2.55. The molecule has 10 heteroatoms. The van der Waals surface area contributed by atoms with E-state index >= 15 is 0 Å². The van der Waals surface area contributed by atoms with Crippen LogP contribution < -0.4 is 14.5 Å². The van der Waals surface area contributed by atoms with Crippen molar-refractivity contribution in [1.82, 2.24) is 19.8 Å². The van der Waals surface area contributed by atoms with Gasteiger partial charge in [-0.2, -0.15) is 15.2 Å². The highest BCUT2D eigenvalue weighted by atomic mass is 16.5. The van der Waals surface area contributed by atoms with Gasteiger partial charge in [0.2, 0.25) is 5.91 Å². The van der Waals surface area contributed by atoms with Gasteiger partial charge >= 0.3 is 6.01 Å². The van der Waals surface area contributed by atoms with Crippen molar-refractivity contribution in [2.45, 2.75) is 63.7 Å². The number of aryl methyl sites for hydroxylation is 1. The molecule has 2 aromatic carbocycles. The van der Waals surface area contributed by atoms with Crippen molar-refractivity contribution in [2.75, 3.05) is 63.4 Å². The maximum absolute atomic E-state index is 12.6. The van der Waals surface area contributed by atoms with Gasteiger partial charge in [-0.3, -0.25) is 9.69 Å². The average Bonchev–Trinajstić information content (AvgIpc) is 3.04. The second-order valence-electron chi connectivity index (χ2n) is 12.7. The maximum atomic E-state index is 12.6. The van der Waals surface area contributed by atoms with Crippen LogP contribution in [-0.2, 0) is 22.5 Å². The van der Waals surface area contributed by atoms with Crippen molar-refractivity contribution < 1.29 is 14.3 Å². The van der Waals surface area contributed by atoms with Crippen molar-refractivity contribution in [3.05, 3.63) is 65.9 Å². The van der Waals surface area contributed by atoms with Crippen molar-refractivity contribution in [3.8, 4) is 12.1 Å². The number of piperazine rings is 1. The summed E-state index contributed by atoms with van der Waals surface area (Å²) < 4.78 is 12.0. The molecule has 10 nitrogen and oxygen atoms in total. The smallest absolute Gasteiger partial charge is 0.318 e. The zero-order valence-electron chi connectivity index (χ0n) is 27.3. The van der Waals surface area contributed by atoms with Gasteiger partial charge in [0, 0.05) is 56.0 Å². The van der Waals surface area contributed by atoms with Crippen molar-refractivity contribution >= 4 is 28.2 Å². The Balaban J connectivity index is 1.33. The lowest BCUT2D eigenvalue weighted by Gasteiger charge is -2.42. The zero-order chi connectivity index (χ0) is 32.2. The second-order valence-corrected chi connectivity index (χ2v) is 12.7. The third-order valence-corrected chi connectivity index (χ3v) is 10.0. The molecular weight excluding hydrogens is 578 g/mol. The minimum atomic E-state index is -0.250. The van der Waals surface area contributed by atoms with Crippen LogP contribution >= 0.6 is 0 Å². The summed E-state index contributed by atoms with van der Waals surface area (Å²) in [6, 6.07) is 16.0. The van der Waals surface area contributed by atoms with E-state index in [1.807, 2.05) is 0 Å². The number of nitrogens with zero attached hydrogens (tertiary/aromatic N) is 7. The quantitative estimate of drug-likeness (QED) is 0.286. The number of likely N-dealkylation sites (N-methyl/N-ethyl adjacent to an activating group) is 1. The SMILES string of the molecule is C=CC(=O)N1CCN(c2nc(OC[C@@H](COC)N(C)C3CCC3)nc3c2CCN(c2cccc4cccc(C)c24)C3)CC1CC#N. The zero-order valence-corrected chi connectivity index (χ0v) is 27.3. The highest BCUT2D eigenvalue weighted by Gasteiger charge is 2.34. The Bertz CT molecular complexity index is 1610. The van der Waals surface area contributed by atoms with Crippen LogP contribution in [0.15, 0.2) is 49.1 Å². The molecule has 46 heavy (non-hydrogen) atoms. The molecule has 3 aromatic rings. The first kappa shape index (κ1) is 31.8. The van der Waals surface area contributed by atoms with Gasteiger partial charge in [-0.15, -0.1) is 0 Å². The van der Waals surface area contributed by atoms with Gasteiger partial charge in [0.05, 0.1) is 43.4 Å². The number of rotatable bonds is 11. The first-order valence-electron chi connectivity index (χ1n) is 16.4. The van der Waals surface area contributed by atoms with Crippen LogP contribution in [0.25, 0.3) is 10.8 Å². The van der Waals surface area contributed by atoms with E-state index in [4.69, 9.17) is 19.4 Å². The van der Waals surface area contributed by atoms with Gasteiger partial charge in [-0.05, 0) is 56.3 Å². The largest absolute Gasteiger partial charge is 0.462 e. The summed E-state index contributed by atoms with van der Waals surface area (Å²) in [7, 11) is 3.88. The number of ether oxygens (including phenoxy) is 2. The molecule has 0 bridgehead atoms. The lowest BCUT2D eigenvalue weighted by atomic mass is 9.91. The van der Waals surface area contributed by atoms with Crippen LogP contribution in [0.1, 0.15) is 42.5 Å². The first-order chi connectivity index (χ1) is 22.4. The number of nitriles is 1. The Morgan fingerprint density at radius 3 is 2.67 bits per heavy atom. The van der Waals surface area contributed by atoms with Crippen LogP contribution in [0.2, 0.25) is 0 Å². The van der Waals surface area contributed by atoms with Crippen LogP contribution in [0.3, 0.4) is 0 Å². The monoisotopic (exact) mass is 623 g/mol. The van der Waals surface area contributed by atoms with Crippen LogP contribution in [0.4, 0.5) is 11.5 Å². The summed E-state index contributed by atoms with van der Waals surface area (Å²) in [4.78, 5) is 31.4. The molecule has 242 valence electrons. The van der Waals surface area contributed by atoms with Crippen LogP contribution in [0, 0.1) is 18.3 Å². The highest BCUT2D eigenvalue weighted by molar-refractivity contribution is 5.97. The Labute approximate surface area is 272 Å². The number of hydrogen-bond acceptors (Lipinski definition) is 9. The van der Waals surface area contributed by atoms with Crippen molar-refractivity contribution in [2.24, 2.45) is 0 Å². The predicted molar refractivity (Wildman–Crippen MR) is 180 cm³/mol. The maximum Gasteiger partial charge on any atom is 0.318 e. The Morgan fingerprint density at radius 2 is 1.96 bits per heavy atom. The van der Waals surface area contributed by atoms with E-state index in [0.717, 1.165) is 30.0 Å². The van der Waals surface area contributed by atoms with Gasteiger partial charge < -0.3 is 24.2 Å². The summed E-state index contributed by atoms with van der Waals surface area (Å²) in [5.74, 6) is 0.701. The molecule has 3 aliphatic rings. The number of carbonyl (C=O) groups is 1. The molecule has 0 spiro atoms. The topological polar surface area (TPSA) is 98.1 Å². The number of benzene rings is 2. The second kappa shape index (κ2) is 14.1. The fourth-order valence-corrected chi connectivity index (χ4v) is 7.16. The molecule has 1 saturated heterocycles. The highest BCUT2D eigenvalue weighted by Crippen LogP contribution is 2.36. The molecule has 3 heterocycles. The fraction of sp³-hybridized carbons (Fsp3) is 0.500. The predicted octanol–water partition coefficient (Wildman–Crippen LogP) is 4.50. The van der Waals surface area contributed by atoms with Crippen LogP contribution in [-0.4, -0.2) is 97.4 Å². The molecule has 1 saturated carbocycles. The average molecular weight is 624 g/mol. The molecule has 1 aliphatic carbocycles. The molecule has 2 atom stereocenters. The number of amides is 1. The molecule has 0 N–H and O–H groups in total. The van der Waals surface area contributed by atoms with Crippen molar-refractivity contribution in [1.29, 1.82) is 5.26 Å². The number of anilines is 2. The van der Waals surface area contributed by atoms with E-state index in [0.29, 0.717) is 51.4 Å². The number of aromatic nitrogens is 2. The Morgan fingerprint density at radius 1 is 1.15 bits per heavy atom. The Kier molecular flexibility index (Phi) is 9.71. The lowest BCUT2D eigenvalue weighted by molar-refractivity contribution is -0.128. The minimum Gasteiger partial charge on any atom is -0.462 e.